The quantitative estimate of drug-likeness (QED) is 0.690. The Labute approximate surface area is 149 Å². The number of benzene rings is 2. The van der Waals surface area contributed by atoms with Crippen LogP contribution >= 0.6 is 11.6 Å². The Bertz CT molecular complexity index is 713. The smallest absolute Gasteiger partial charge is 0.224 e. The molecule has 0 aromatic heterocycles. The van der Waals surface area contributed by atoms with E-state index in [2.05, 4.69) is 18.3 Å². The van der Waals surface area contributed by atoms with E-state index in [0.717, 1.165) is 34.5 Å². The minimum atomic E-state index is 0.0235. The van der Waals surface area contributed by atoms with E-state index in [4.69, 9.17) is 16.3 Å². The summed E-state index contributed by atoms with van der Waals surface area (Å²) in [6.07, 6.45) is 2.00. The SMILES string of the molecule is CCc1cccc(C)c1NC(=O)CCCOc1ccc(Cl)cc1C. The average Bonchev–Trinajstić information content (AvgIpc) is 2.55. The Morgan fingerprint density at radius 2 is 1.96 bits per heavy atom. The number of ether oxygens (including phenoxy) is 1. The van der Waals surface area contributed by atoms with Crippen molar-refractivity contribution in [3.05, 3.63) is 58.1 Å². The molecule has 0 heterocycles. The van der Waals surface area contributed by atoms with Crippen LogP contribution in [0.4, 0.5) is 5.69 Å². The summed E-state index contributed by atoms with van der Waals surface area (Å²) in [4.78, 5) is 12.2. The van der Waals surface area contributed by atoms with Crippen LogP contribution in [-0.4, -0.2) is 12.5 Å². The van der Waals surface area contributed by atoms with Crippen molar-refractivity contribution in [2.75, 3.05) is 11.9 Å². The van der Waals surface area contributed by atoms with Crippen LogP contribution in [0, 0.1) is 13.8 Å². The number of carbonyl (C=O) groups is 1. The lowest BCUT2D eigenvalue weighted by Crippen LogP contribution is -2.15. The standard InChI is InChI=1S/C20H24ClNO2/c1-4-16-8-5-7-14(2)20(16)22-19(23)9-6-12-24-18-11-10-17(21)13-15(18)3/h5,7-8,10-11,13H,4,6,9,12H2,1-3H3,(H,22,23). The number of halogens is 1. The zero-order valence-electron chi connectivity index (χ0n) is 14.5. The molecule has 0 aliphatic rings. The summed E-state index contributed by atoms with van der Waals surface area (Å²) in [7, 11) is 0. The molecule has 0 bridgehead atoms. The maximum absolute atomic E-state index is 12.2. The number of amides is 1. The van der Waals surface area contributed by atoms with E-state index in [0.29, 0.717) is 24.5 Å². The molecule has 2 aromatic rings. The number of aryl methyl sites for hydroxylation is 3. The van der Waals surface area contributed by atoms with Crippen LogP contribution in [0.3, 0.4) is 0 Å². The van der Waals surface area contributed by atoms with E-state index in [1.54, 1.807) is 6.07 Å². The molecule has 1 N–H and O–H groups in total. The number of hydrogen-bond acceptors (Lipinski definition) is 2. The molecule has 0 radical (unpaired) electrons. The lowest BCUT2D eigenvalue weighted by molar-refractivity contribution is -0.116. The summed E-state index contributed by atoms with van der Waals surface area (Å²) in [5.41, 5.74) is 4.20. The van der Waals surface area contributed by atoms with Crippen molar-refractivity contribution in [2.24, 2.45) is 0 Å². The molecule has 0 aliphatic heterocycles. The maximum atomic E-state index is 12.2. The average molecular weight is 346 g/mol. The molecule has 0 spiro atoms. The van der Waals surface area contributed by atoms with Crippen molar-refractivity contribution >= 4 is 23.2 Å². The molecule has 24 heavy (non-hydrogen) atoms. The summed E-state index contributed by atoms with van der Waals surface area (Å²) < 4.78 is 5.72. The second-order valence-corrected chi connectivity index (χ2v) is 6.31. The molecule has 0 atom stereocenters. The fourth-order valence-electron chi connectivity index (χ4n) is 2.59. The molecule has 1 amide bonds. The summed E-state index contributed by atoms with van der Waals surface area (Å²) in [5, 5.41) is 3.73. The fourth-order valence-corrected chi connectivity index (χ4v) is 2.82. The molecule has 0 saturated carbocycles. The van der Waals surface area contributed by atoms with Gasteiger partial charge in [-0.1, -0.05) is 36.7 Å². The molecule has 128 valence electrons. The highest BCUT2D eigenvalue weighted by atomic mass is 35.5. The number of hydrogen-bond donors (Lipinski definition) is 1. The van der Waals surface area contributed by atoms with Crippen molar-refractivity contribution in [3.63, 3.8) is 0 Å². The lowest BCUT2D eigenvalue weighted by Gasteiger charge is -2.13. The van der Waals surface area contributed by atoms with Crippen LogP contribution in [0.2, 0.25) is 5.02 Å². The molecular weight excluding hydrogens is 322 g/mol. The number of anilines is 1. The van der Waals surface area contributed by atoms with E-state index < -0.39 is 0 Å². The molecule has 0 saturated heterocycles. The fraction of sp³-hybridized carbons (Fsp3) is 0.350. The third kappa shape index (κ3) is 5.00. The van der Waals surface area contributed by atoms with Crippen molar-refractivity contribution in [3.8, 4) is 5.75 Å². The van der Waals surface area contributed by atoms with Gasteiger partial charge in [-0.3, -0.25) is 4.79 Å². The predicted octanol–water partition coefficient (Wildman–Crippen LogP) is 5.32. The second-order valence-electron chi connectivity index (χ2n) is 5.87. The Morgan fingerprint density at radius 3 is 2.67 bits per heavy atom. The number of carbonyl (C=O) groups excluding carboxylic acids is 1. The summed E-state index contributed by atoms with van der Waals surface area (Å²) in [6.45, 7) is 6.57. The number of rotatable bonds is 7. The molecule has 0 unspecified atom stereocenters. The second kappa shape index (κ2) is 8.74. The first-order valence-electron chi connectivity index (χ1n) is 8.28. The van der Waals surface area contributed by atoms with Crippen molar-refractivity contribution in [2.45, 2.75) is 40.0 Å². The van der Waals surface area contributed by atoms with Gasteiger partial charge in [-0.05, 0) is 61.6 Å². The lowest BCUT2D eigenvalue weighted by atomic mass is 10.1. The largest absolute Gasteiger partial charge is 0.493 e. The zero-order chi connectivity index (χ0) is 17.5. The zero-order valence-corrected chi connectivity index (χ0v) is 15.2. The van der Waals surface area contributed by atoms with Crippen LogP contribution in [-0.2, 0) is 11.2 Å². The Morgan fingerprint density at radius 1 is 1.17 bits per heavy atom. The van der Waals surface area contributed by atoms with E-state index in [1.165, 1.54) is 0 Å². The first-order chi connectivity index (χ1) is 11.5. The first kappa shape index (κ1) is 18.3. The maximum Gasteiger partial charge on any atom is 0.224 e. The van der Waals surface area contributed by atoms with E-state index in [1.807, 2.05) is 38.1 Å². The first-order valence-corrected chi connectivity index (χ1v) is 8.66. The Kier molecular flexibility index (Phi) is 6.68. The Hall–Kier alpha value is -2.00. The van der Waals surface area contributed by atoms with Gasteiger partial charge < -0.3 is 10.1 Å². The van der Waals surface area contributed by atoms with Gasteiger partial charge in [0.25, 0.3) is 0 Å². The van der Waals surface area contributed by atoms with Crippen LogP contribution in [0.1, 0.15) is 36.5 Å². The van der Waals surface area contributed by atoms with Crippen molar-refractivity contribution in [1.29, 1.82) is 0 Å². The van der Waals surface area contributed by atoms with Crippen LogP contribution in [0.25, 0.3) is 0 Å². The van der Waals surface area contributed by atoms with Gasteiger partial charge in [-0.15, -0.1) is 0 Å². The third-order valence-electron chi connectivity index (χ3n) is 3.95. The molecular formula is C20H24ClNO2. The highest BCUT2D eigenvalue weighted by molar-refractivity contribution is 6.30. The summed E-state index contributed by atoms with van der Waals surface area (Å²) in [5.74, 6) is 0.836. The molecule has 3 nitrogen and oxygen atoms in total. The van der Waals surface area contributed by atoms with Gasteiger partial charge in [0.15, 0.2) is 0 Å². The van der Waals surface area contributed by atoms with E-state index >= 15 is 0 Å². The highest BCUT2D eigenvalue weighted by Gasteiger charge is 2.09. The van der Waals surface area contributed by atoms with Gasteiger partial charge >= 0.3 is 0 Å². The summed E-state index contributed by atoms with van der Waals surface area (Å²) in [6, 6.07) is 11.6. The number of nitrogens with one attached hydrogen (secondary N) is 1. The van der Waals surface area contributed by atoms with Crippen LogP contribution in [0.5, 0.6) is 5.75 Å². The van der Waals surface area contributed by atoms with Gasteiger partial charge in [0.1, 0.15) is 5.75 Å². The van der Waals surface area contributed by atoms with Gasteiger partial charge in [0.2, 0.25) is 5.91 Å². The molecule has 0 aliphatic carbocycles. The van der Waals surface area contributed by atoms with Crippen molar-refractivity contribution < 1.29 is 9.53 Å². The van der Waals surface area contributed by atoms with Crippen molar-refractivity contribution in [1.82, 2.24) is 0 Å². The minimum absolute atomic E-state index is 0.0235. The minimum Gasteiger partial charge on any atom is -0.493 e. The predicted molar refractivity (Wildman–Crippen MR) is 100 cm³/mol. The monoisotopic (exact) mass is 345 g/mol. The molecule has 4 heteroatoms. The molecule has 2 rings (SSSR count). The van der Waals surface area contributed by atoms with E-state index in [-0.39, 0.29) is 5.91 Å². The normalized spacial score (nSPS) is 10.5. The van der Waals surface area contributed by atoms with Gasteiger partial charge in [0.05, 0.1) is 6.61 Å². The topological polar surface area (TPSA) is 38.3 Å². The molecule has 2 aromatic carbocycles. The van der Waals surface area contributed by atoms with Crippen LogP contribution < -0.4 is 10.1 Å². The van der Waals surface area contributed by atoms with Gasteiger partial charge in [-0.25, -0.2) is 0 Å². The molecule has 0 fully saturated rings. The summed E-state index contributed by atoms with van der Waals surface area (Å²) >= 11 is 5.93. The van der Waals surface area contributed by atoms with E-state index in [9.17, 15) is 4.79 Å². The highest BCUT2D eigenvalue weighted by Crippen LogP contribution is 2.23. The van der Waals surface area contributed by atoms with Crippen LogP contribution in [0.15, 0.2) is 36.4 Å². The van der Waals surface area contributed by atoms with Gasteiger partial charge in [-0.2, -0.15) is 0 Å². The third-order valence-corrected chi connectivity index (χ3v) is 4.18. The number of para-hydroxylation sites is 1. The Balaban J connectivity index is 1.82. The van der Waals surface area contributed by atoms with Gasteiger partial charge in [0, 0.05) is 17.1 Å².